The van der Waals surface area contributed by atoms with Crippen molar-refractivity contribution in [1.82, 2.24) is 25.2 Å². The Morgan fingerprint density at radius 2 is 1.91 bits per heavy atom. The normalized spacial score (nSPS) is 14.5. The fraction of sp³-hybridized carbons (Fsp3) is 0.280. The van der Waals surface area contributed by atoms with Crippen LogP contribution in [0.4, 0.5) is 0 Å². The summed E-state index contributed by atoms with van der Waals surface area (Å²) in [5.41, 5.74) is 3.38. The van der Waals surface area contributed by atoms with Crippen LogP contribution in [0.3, 0.4) is 0 Å². The van der Waals surface area contributed by atoms with Crippen molar-refractivity contribution in [1.29, 1.82) is 0 Å². The van der Waals surface area contributed by atoms with Gasteiger partial charge >= 0.3 is 0 Å². The fourth-order valence-corrected chi connectivity index (χ4v) is 3.73. The molecular formula is C25H25N5O2. The third-order valence-electron chi connectivity index (χ3n) is 5.68. The Morgan fingerprint density at radius 1 is 1.09 bits per heavy atom. The van der Waals surface area contributed by atoms with Crippen LogP contribution < -0.4 is 5.32 Å². The lowest BCUT2D eigenvalue weighted by molar-refractivity contribution is 0.0914. The first-order chi connectivity index (χ1) is 15.6. The maximum Gasteiger partial charge on any atom is 0.252 e. The van der Waals surface area contributed by atoms with Crippen LogP contribution in [0.1, 0.15) is 60.7 Å². The number of amides is 1. The zero-order chi connectivity index (χ0) is 22.1. The minimum absolute atomic E-state index is 0.102. The molecule has 0 spiro atoms. The first kappa shape index (κ1) is 20.2. The van der Waals surface area contributed by atoms with Crippen molar-refractivity contribution >= 4 is 5.91 Å². The van der Waals surface area contributed by atoms with Crippen LogP contribution in [-0.4, -0.2) is 25.8 Å². The van der Waals surface area contributed by atoms with Gasteiger partial charge in [-0.3, -0.25) is 4.79 Å². The van der Waals surface area contributed by atoms with Gasteiger partial charge in [-0.05, 0) is 43.0 Å². The van der Waals surface area contributed by atoms with E-state index in [9.17, 15) is 4.79 Å². The Morgan fingerprint density at radius 3 is 2.66 bits per heavy atom. The Hall–Kier alpha value is -3.74. The minimum Gasteiger partial charge on any atom is -0.340 e. The number of aromatic nitrogens is 4. The molecule has 5 rings (SSSR count). The van der Waals surface area contributed by atoms with E-state index in [4.69, 9.17) is 4.52 Å². The summed E-state index contributed by atoms with van der Waals surface area (Å²) in [6, 6.07) is 19.1. The average molecular weight is 428 g/mol. The summed E-state index contributed by atoms with van der Waals surface area (Å²) >= 11 is 0. The molecule has 4 aromatic rings. The highest BCUT2D eigenvalue weighted by Gasteiger charge is 2.31. The van der Waals surface area contributed by atoms with E-state index in [1.807, 2.05) is 73.1 Å². The third-order valence-corrected chi connectivity index (χ3v) is 5.68. The lowest BCUT2D eigenvalue weighted by Gasteiger charge is -2.19. The molecule has 1 aliphatic rings. The summed E-state index contributed by atoms with van der Waals surface area (Å²) < 4.78 is 7.32. The first-order valence-corrected chi connectivity index (χ1v) is 10.9. The summed E-state index contributed by atoms with van der Waals surface area (Å²) in [4.78, 5) is 17.7. The van der Waals surface area contributed by atoms with Crippen LogP contribution in [0, 0.1) is 5.92 Å². The van der Waals surface area contributed by atoms with Crippen LogP contribution in [0.15, 0.2) is 71.4 Å². The van der Waals surface area contributed by atoms with Gasteiger partial charge in [0, 0.05) is 17.0 Å². The molecule has 0 aliphatic heterocycles. The molecule has 2 aromatic carbocycles. The Bertz CT molecular complexity index is 1220. The number of hydrogen-bond acceptors (Lipinski definition) is 5. The van der Waals surface area contributed by atoms with Crippen LogP contribution in [0.25, 0.3) is 16.9 Å². The van der Waals surface area contributed by atoms with Gasteiger partial charge in [-0.1, -0.05) is 55.4 Å². The van der Waals surface area contributed by atoms with Gasteiger partial charge in [0.15, 0.2) is 5.82 Å². The highest BCUT2D eigenvalue weighted by atomic mass is 16.5. The fourth-order valence-electron chi connectivity index (χ4n) is 3.73. The van der Waals surface area contributed by atoms with Crippen molar-refractivity contribution in [2.45, 2.75) is 38.6 Å². The third kappa shape index (κ3) is 4.06. The van der Waals surface area contributed by atoms with Crippen LogP contribution in [-0.2, 0) is 0 Å². The molecule has 1 fully saturated rings. The number of carbonyl (C=O) groups is 1. The maximum absolute atomic E-state index is 13.1. The zero-order valence-electron chi connectivity index (χ0n) is 18.1. The highest BCUT2D eigenvalue weighted by Crippen LogP contribution is 2.38. The average Bonchev–Trinajstić information content (AvgIpc) is 3.34. The highest BCUT2D eigenvalue weighted by molar-refractivity contribution is 5.95. The van der Waals surface area contributed by atoms with E-state index in [0.29, 0.717) is 17.4 Å². The van der Waals surface area contributed by atoms with Crippen LogP contribution in [0.5, 0.6) is 0 Å². The molecule has 0 saturated heterocycles. The van der Waals surface area contributed by atoms with E-state index >= 15 is 0 Å². The van der Waals surface area contributed by atoms with E-state index in [2.05, 4.69) is 20.6 Å². The smallest absolute Gasteiger partial charge is 0.252 e. The molecule has 162 valence electrons. The number of hydrogen-bond donors (Lipinski definition) is 1. The second-order valence-electron chi connectivity index (χ2n) is 8.50. The molecule has 0 bridgehead atoms. The second-order valence-corrected chi connectivity index (χ2v) is 8.50. The first-order valence-electron chi connectivity index (χ1n) is 10.9. The quantitative estimate of drug-likeness (QED) is 0.452. The molecule has 7 heteroatoms. The van der Waals surface area contributed by atoms with Crippen molar-refractivity contribution in [2.75, 3.05) is 0 Å². The van der Waals surface area contributed by atoms with Gasteiger partial charge in [0.2, 0.25) is 5.89 Å². The summed E-state index contributed by atoms with van der Waals surface area (Å²) in [6.45, 7) is 4.05. The number of nitrogens with zero attached hydrogens (tertiary/aromatic N) is 4. The van der Waals surface area contributed by atoms with Gasteiger partial charge in [-0.15, -0.1) is 0 Å². The van der Waals surface area contributed by atoms with Gasteiger partial charge in [-0.2, -0.15) is 10.1 Å². The molecular weight excluding hydrogens is 402 g/mol. The van der Waals surface area contributed by atoms with Crippen molar-refractivity contribution in [3.8, 4) is 16.9 Å². The van der Waals surface area contributed by atoms with E-state index in [1.165, 1.54) is 0 Å². The zero-order valence-corrected chi connectivity index (χ0v) is 18.1. The number of rotatable bonds is 7. The number of carbonyl (C=O) groups excluding carboxylic acids is 1. The summed E-state index contributed by atoms with van der Waals surface area (Å²) in [5, 5.41) is 11.7. The Balaban J connectivity index is 1.39. The van der Waals surface area contributed by atoms with Crippen LogP contribution in [0.2, 0.25) is 0 Å². The largest absolute Gasteiger partial charge is 0.340 e. The molecule has 1 aliphatic carbocycles. The molecule has 1 saturated carbocycles. The topological polar surface area (TPSA) is 85.8 Å². The molecule has 1 unspecified atom stereocenters. The van der Waals surface area contributed by atoms with E-state index in [-0.39, 0.29) is 17.9 Å². The van der Waals surface area contributed by atoms with E-state index in [0.717, 1.165) is 35.6 Å². The molecule has 32 heavy (non-hydrogen) atoms. The standard InChI is InChI=1S/C25H25N5O2/c1-16(2)22(25-28-23(29-32-25)18-11-12-18)27-24(31)19-9-6-10-20(15-19)30-21(13-14-26-30)17-7-4-3-5-8-17/h3-10,13-16,18,22H,11-12H2,1-2H3,(H,27,31). The predicted octanol–water partition coefficient (Wildman–Crippen LogP) is 4.93. The number of nitrogens with one attached hydrogen (secondary N) is 1. The van der Waals surface area contributed by atoms with Gasteiger partial charge in [0.1, 0.15) is 6.04 Å². The summed E-state index contributed by atoms with van der Waals surface area (Å²) in [7, 11) is 0. The minimum atomic E-state index is -0.351. The molecule has 2 heterocycles. The monoisotopic (exact) mass is 427 g/mol. The van der Waals surface area contributed by atoms with Crippen molar-refractivity contribution in [3.63, 3.8) is 0 Å². The summed E-state index contributed by atoms with van der Waals surface area (Å²) in [6.07, 6.45) is 3.96. The maximum atomic E-state index is 13.1. The molecule has 7 nitrogen and oxygen atoms in total. The van der Waals surface area contributed by atoms with Crippen molar-refractivity contribution in [3.05, 3.63) is 84.1 Å². The lowest BCUT2D eigenvalue weighted by atomic mass is 10.0. The van der Waals surface area contributed by atoms with Gasteiger partial charge < -0.3 is 9.84 Å². The molecule has 1 atom stereocenters. The molecule has 1 N–H and O–H groups in total. The Labute approximate surface area is 186 Å². The SMILES string of the molecule is CC(C)C(NC(=O)c1cccc(-n2nccc2-c2ccccc2)c1)c1nc(C2CC2)no1. The van der Waals surface area contributed by atoms with E-state index < -0.39 is 0 Å². The van der Waals surface area contributed by atoms with Crippen LogP contribution >= 0.6 is 0 Å². The van der Waals surface area contributed by atoms with Crippen molar-refractivity contribution in [2.24, 2.45) is 5.92 Å². The number of benzene rings is 2. The second kappa shape index (κ2) is 8.42. The van der Waals surface area contributed by atoms with Gasteiger partial charge in [0.05, 0.1) is 17.6 Å². The predicted molar refractivity (Wildman–Crippen MR) is 120 cm³/mol. The molecule has 0 radical (unpaired) electrons. The molecule has 1 amide bonds. The van der Waals surface area contributed by atoms with Crippen molar-refractivity contribution < 1.29 is 9.32 Å². The lowest BCUT2D eigenvalue weighted by Crippen LogP contribution is -2.32. The van der Waals surface area contributed by atoms with Gasteiger partial charge in [-0.25, -0.2) is 4.68 Å². The Kier molecular flexibility index (Phi) is 5.31. The van der Waals surface area contributed by atoms with E-state index in [1.54, 1.807) is 12.3 Å². The molecule has 2 aromatic heterocycles. The summed E-state index contributed by atoms with van der Waals surface area (Å²) in [5.74, 6) is 1.52. The van der Waals surface area contributed by atoms with Gasteiger partial charge in [0.25, 0.3) is 5.91 Å².